The highest BCUT2D eigenvalue weighted by molar-refractivity contribution is 7.90. The van der Waals surface area contributed by atoms with Crippen LogP contribution in [0, 0.1) is 18.3 Å². The molecule has 0 aliphatic carbocycles. The van der Waals surface area contributed by atoms with Gasteiger partial charge in [0.05, 0.1) is 10.6 Å². The van der Waals surface area contributed by atoms with Gasteiger partial charge in [-0.1, -0.05) is 18.2 Å². The molecule has 0 amide bonds. The predicted octanol–water partition coefficient (Wildman–Crippen LogP) is 5.78. The molecule has 0 saturated heterocycles. The van der Waals surface area contributed by atoms with Gasteiger partial charge in [-0.3, -0.25) is 4.99 Å². The van der Waals surface area contributed by atoms with Crippen molar-refractivity contribution >= 4 is 21.7 Å². The van der Waals surface area contributed by atoms with Crippen molar-refractivity contribution in [2.24, 2.45) is 10.7 Å². The summed E-state index contributed by atoms with van der Waals surface area (Å²) in [6, 6.07) is 17.7. The molecule has 2 N–H and O–H groups in total. The molecular weight excluding hydrogens is 542 g/mol. The summed E-state index contributed by atoms with van der Waals surface area (Å²) in [4.78, 5) is 9.05. The van der Waals surface area contributed by atoms with Crippen LogP contribution in [0.15, 0.2) is 86.7 Å². The number of fused-ring (bicyclic) bond motifs is 1. The van der Waals surface area contributed by atoms with Crippen LogP contribution in [-0.2, 0) is 9.84 Å². The van der Waals surface area contributed by atoms with Crippen LogP contribution >= 0.6 is 0 Å². The summed E-state index contributed by atoms with van der Waals surface area (Å²) in [7, 11) is -3.45. The molecule has 2 heterocycles. The number of hydrogen-bond donors (Lipinski definition) is 1. The molecule has 3 aromatic carbocycles. The van der Waals surface area contributed by atoms with E-state index in [9.17, 15) is 17.2 Å². The highest BCUT2D eigenvalue weighted by Gasteiger charge is 2.43. The van der Waals surface area contributed by atoms with Gasteiger partial charge >= 0.3 is 6.29 Å². The number of ether oxygens (including phenoxy) is 2. The third-order valence-electron chi connectivity index (χ3n) is 5.84. The van der Waals surface area contributed by atoms with E-state index in [1.165, 1.54) is 30.5 Å². The first-order valence-electron chi connectivity index (χ1n) is 11.7. The van der Waals surface area contributed by atoms with Crippen LogP contribution in [0.25, 0.3) is 33.7 Å². The number of aliphatic imine (C=N–C) groups is 1. The smallest absolute Gasteiger partial charge is 0.440 e. The average molecular weight is 563 g/mol. The van der Waals surface area contributed by atoms with Crippen LogP contribution in [0.5, 0.6) is 11.5 Å². The third-order valence-corrected chi connectivity index (χ3v) is 6.95. The van der Waals surface area contributed by atoms with E-state index < -0.39 is 16.1 Å². The number of nitrogens with zero attached hydrogens (tertiary/aromatic N) is 3. The maximum atomic E-state index is 13.6. The first-order valence-corrected chi connectivity index (χ1v) is 13.6. The molecule has 1 aliphatic heterocycles. The average Bonchev–Trinajstić information content (AvgIpc) is 3.45. The molecule has 12 heteroatoms. The number of nitrogens with two attached hydrogens (primary N) is 1. The van der Waals surface area contributed by atoms with Crippen LogP contribution in [0.1, 0.15) is 5.89 Å². The topological polar surface area (TPSA) is 141 Å². The van der Waals surface area contributed by atoms with E-state index in [1.54, 1.807) is 55.5 Å². The molecule has 4 aromatic rings. The zero-order valence-corrected chi connectivity index (χ0v) is 21.9. The molecule has 1 aromatic heterocycles. The monoisotopic (exact) mass is 562 g/mol. The fourth-order valence-corrected chi connectivity index (χ4v) is 4.72. The van der Waals surface area contributed by atoms with Gasteiger partial charge in [0, 0.05) is 30.5 Å². The van der Waals surface area contributed by atoms with Crippen molar-refractivity contribution in [3.05, 3.63) is 78.3 Å². The minimum atomic E-state index is -3.78. The molecule has 0 spiro atoms. The summed E-state index contributed by atoms with van der Waals surface area (Å²) < 4.78 is 66.6. The van der Waals surface area contributed by atoms with Crippen molar-refractivity contribution in [3.8, 4) is 51.3 Å². The lowest BCUT2D eigenvalue weighted by Gasteiger charge is -2.10. The zero-order valence-electron chi connectivity index (χ0n) is 21.1. The number of benzene rings is 3. The summed E-state index contributed by atoms with van der Waals surface area (Å²) in [5.74, 6) is 0.292. The first-order chi connectivity index (χ1) is 18.9. The molecule has 0 unspecified atom stereocenters. The molecule has 1 aliphatic rings. The number of oxazole rings is 1. The van der Waals surface area contributed by atoms with Crippen LogP contribution in [-0.4, -0.2) is 32.2 Å². The predicted molar refractivity (Wildman–Crippen MR) is 143 cm³/mol. The summed E-state index contributed by atoms with van der Waals surface area (Å²) in [5.41, 5.74) is 8.39. The Morgan fingerprint density at radius 2 is 1.77 bits per heavy atom. The first kappa shape index (κ1) is 26.6. The summed E-state index contributed by atoms with van der Waals surface area (Å²) in [6.45, 7) is 1.63. The van der Waals surface area contributed by atoms with Gasteiger partial charge in [0.1, 0.15) is 17.5 Å². The maximum absolute atomic E-state index is 13.6. The normalized spacial score (nSPS) is 14.4. The highest BCUT2D eigenvalue weighted by atomic mass is 32.2. The second-order valence-electron chi connectivity index (χ2n) is 8.78. The zero-order chi connectivity index (χ0) is 28.7. The van der Waals surface area contributed by atoms with Crippen molar-refractivity contribution in [2.75, 3.05) is 6.26 Å². The van der Waals surface area contributed by atoms with Gasteiger partial charge in [-0.2, -0.15) is 5.26 Å². The van der Waals surface area contributed by atoms with E-state index in [0.717, 1.165) is 6.26 Å². The number of nitriles is 1. The van der Waals surface area contributed by atoms with Crippen molar-refractivity contribution in [3.63, 3.8) is 0 Å². The van der Waals surface area contributed by atoms with E-state index in [2.05, 4.69) is 19.5 Å². The molecule has 0 fully saturated rings. The van der Waals surface area contributed by atoms with Crippen molar-refractivity contribution in [1.82, 2.24) is 4.98 Å². The van der Waals surface area contributed by atoms with E-state index in [-0.39, 0.29) is 27.9 Å². The molecule has 202 valence electrons. The molecule has 0 saturated carbocycles. The lowest BCUT2D eigenvalue weighted by Crippen LogP contribution is -2.25. The van der Waals surface area contributed by atoms with Gasteiger partial charge in [0.2, 0.25) is 0 Å². The van der Waals surface area contributed by atoms with Crippen LogP contribution in [0.3, 0.4) is 0 Å². The fraction of sp³-hybridized carbons (Fsp3) is 0.107. The van der Waals surface area contributed by atoms with E-state index in [0.29, 0.717) is 39.5 Å². The summed E-state index contributed by atoms with van der Waals surface area (Å²) >= 11 is 0. The Kier molecular flexibility index (Phi) is 6.60. The molecule has 5 rings (SSSR count). The summed E-state index contributed by atoms with van der Waals surface area (Å²) in [6.07, 6.45) is 0.0321. The van der Waals surface area contributed by atoms with Crippen molar-refractivity contribution in [1.29, 1.82) is 5.26 Å². The van der Waals surface area contributed by atoms with Gasteiger partial charge in [-0.05, 0) is 59.7 Å². The Bertz CT molecular complexity index is 1860. The quantitative estimate of drug-likeness (QED) is 0.230. The Labute approximate surface area is 227 Å². The van der Waals surface area contributed by atoms with Crippen molar-refractivity contribution in [2.45, 2.75) is 18.1 Å². The highest BCUT2D eigenvalue weighted by Crippen LogP contribution is 2.45. The minimum absolute atomic E-state index is 0.0483. The molecular formula is C28H20F2N4O5S. The third kappa shape index (κ3) is 5.41. The lowest BCUT2D eigenvalue weighted by atomic mass is 9.98. The Hall–Kier alpha value is -5.02. The van der Waals surface area contributed by atoms with E-state index in [1.807, 2.05) is 0 Å². The minimum Gasteiger partial charge on any atom is -0.440 e. The summed E-state index contributed by atoms with van der Waals surface area (Å²) in [5, 5.41) is 8.93. The number of aryl methyl sites for hydroxylation is 1. The molecule has 0 bridgehead atoms. The lowest BCUT2D eigenvalue weighted by molar-refractivity contribution is -0.286. The largest absolute Gasteiger partial charge is 0.586 e. The Morgan fingerprint density at radius 1 is 1.05 bits per heavy atom. The number of sulfone groups is 1. The Balaban J connectivity index is 1.67. The second kappa shape index (κ2) is 9.94. The van der Waals surface area contributed by atoms with E-state index in [4.69, 9.17) is 15.4 Å². The van der Waals surface area contributed by atoms with Crippen LogP contribution in [0.4, 0.5) is 14.5 Å². The number of alkyl halides is 2. The number of hydrogen-bond acceptors (Lipinski definition) is 9. The van der Waals surface area contributed by atoms with Gasteiger partial charge < -0.3 is 19.6 Å². The molecule has 9 nitrogen and oxygen atoms in total. The van der Waals surface area contributed by atoms with Crippen molar-refractivity contribution < 1.29 is 31.1 Å². The fourth-order valence-electron chi connectivity index (χ4n) is 4.05. The molecule has 40 heavy (non-hydrogen) atoms. The number of rotatable bonds is 6. The SMILES string of the molecule is Cc1nc(-c2ccc3c(c2)OC(F)(F)O3)c(-c2cc(-c3cccc(S(C)(=O)=O)c3)ccc2N=CC=C(N)C#N)o1. The van der Waals surface area contributed by atoms with Gasteiger partial charge in [0.25, 0.3) is 0 Å². The van der Waals surface area contributed by atoms with Crippen LogP contribution < -0.4 is 15.2 Å². The molecule has 0 radical (unpaired) electrons. The van der Waals surface area contributed by atoms with Crippen LogP contribution in [0.2, 0.25) is 0 Å². The van der Waals surface area contributed by atoms with Gasteiger partial charge in [-0.15, -0.1) is 8.78 Å². The number of aromatic nitrogens is 1. The number of halogens is 2. The number of allylic oxidation sites excluding steroid dienone is 2. The standard InChI is InChI=1S/C28H20F2N4O5S/c1-16-34-26(19-7-9-24-25(14-19)39-28(29,30)38-24)27(37-16)22-13-18(6-8-23(22)33-11-10-20(32)15-31)17-4-3-5-21(12-17)40(2,35)36/h3-14H,32H2,1-2H3. The Morgan fingerprint density at radius 3 is 2.52 bits per heavy atom. The maximum Gasteiger partial charge on any atom is 0.586 e. The second-order valence-corrected chi connectivity index (χ2v) is 10.8. The molecule has 0 atom stereocenters. The van der Waals surface area contributed by atoms with Gasteiger partial charge in [0.15, 0.2) is 33.0 Å². The van der Waals surface area contributed by atoms with E-state index >= 15 is 0 Å². The van der Waals surface area contributed by atoms with Gasteiger partial charge in [-0.25, -0.2) is 13.4 Å².